The van der Waals surface area contributed by atoms with Crippen molar-refractivity contribution in [1.82, 2.24) is 19.4 Å². The van der Waals surface area contributed by atoms with Crippen molar-refractivity contribution < 1.29 is 22.0 Å². The fourth-order valence-electron chi connectivity index (χ4n) is 4.29. The lowest BCUT2D eigenvalue weighted by molar-refractivity contribution is -0.129. The first-order valence-corrected chi connectivity index (χ1v) is 10.8. The van der Waals surface area contributed by atoms with E-state index in [4.69, 9.17) is 0 Å². The molecule has 1 aliphatic heterocycles. The molecule has 0 radical (unpaired) electrons. The van der Waals surface area contributed by atoms with Crippen molar-refractivity contribution in [3.63, 3.8) is 0 Å². The third kappa shape index (κ3) is 3.16. The maximum Gasteiger partial charge on any atom is 0.333 e. The first-order chi connectivity index (χ1) is 12.7. The number of nitrogens with one attached hydrogen (secondary N) is 1. The van der Waals surface area contributed by atoms with Crippen LogP contribution in [0.25, 0.3) is 0 Å². The van der Waals surface area contributed by atoms with E-state index in [0.29, 0.717) is 17.1 Å². The molecule has 1 amide bonds. The predicted octanol–water partition coefficient (Wildman–Crippen LogP) is 1.90. The number of nitrogens with zero attached hydrogens (tertiary/aromatic N) is 3. The minimum Gasteiger partial charge on any atom is -0.356 e. The van der Waals surface area contributed by atoms with Gasteiger partial charge in [0.15, 0.2) is 0 Å². The van der Waals surface area contributed by atoms with Gasteiger partial charge in [-0.15, -0.1) is 0 Å². The fourth-order valence-corrected chi connectivity index (χ4v) is 5.99. The maximum absolute atomic E-state index is 13.1. The van der Waals surface area contributed by atoms with E-state index in [1.165, 1.54) is 11.2 Å². The summed E-state index contributed by atoms with van der Waals surface area (Å²) in [5.41, 5.74) is -0.415. The Labute approximate surface area is 157 Å². The third-order valence-corrected chi connectivity index (χ3v) is 8.26. The number of carbonyl (C=O) groups is 1. The van der Waals surface area contributed by atoms with Crippen LogP contribution in [-0.4, -0.2) is 48.0 Å². The summed E-state index contributed by atoms with van der Waals surface area (Å²) in [4.78, 5) is 12.5. The number of alkyl halides is 2. The molecule has 1 unspecified atom stereocenters. The van der Waals surface area contributed by atoms with Gasteiger partial charge in [0.1, 0.15) is 4.90 Å². The van der Waals surface area contributed by atoms with Crippen LogP contribution in [0.3, 0.4) is 0 Å². The number of hydrogen-bond acceptors (Lipinski definition) is 4. The molecule has 7 nitrogen and oxygen atoms in total. The molecule has 2 aliphatic carbocycles. The largest absolute Gasteiger partial charge is 0.356 e. The van der Waals surface area contributed by atoms with E-state index in [1.807, 2.05) is 0 Å². The Bertz CT molecular complexity index is 846. The molecule has 2 saturated carbocycles. The molecular formula is C17H24F2N4O3S. The first kappa shape index (κ1) is 18.8. The molecular weight excluding hydrogens is 378 g/mol. The van der Waals surface area contributed by atoms with Gasteiger partial charge in [0, 0.05) is 19.6 Å². The van der Waals surface area contributed by atoms with Crippen LogP contribution in [0.2, 0.25) is 0 Å². The molecule has 27 heavy (non-hydrogen) atoms. The second kappa shape index (κ2) is 6.51. The van der Waals surface area contributed by atoms with E-state index in [0.717, 1.165) is 38.3 Å². The van der Waals surface area contributed by atoms with Crippen LogP contribution in [0.1, 0.15) is 44.3 Å². The van der Waals surface area contributed by atoms with Gasteiger partial charge >= 0.3 is 6.55 Å². The van der Waals surface area contributed by atoms with E-state index >= 15 is 0 Å². The van der Waals surface area contributed by atoms with Crippen LogP contribution in [0.15, 0.2) is 11.1 Å². The highest BCUT2D eigenvalue weighted by molar-refractivity contribution is 7.89. The van der Waals surface area contributed by atoms with E-state index in [-0.39, 0.29) is 40.9 Å². The number of rotatable bonds is 6. The number of hydrogen-bond donors (Lipinski definition) is 1. The Kier molecular flexibility index (Phi) is 4.53. The van der Waals surface area contributed by atoms with Crippen LogP contribution in [0, 0.1) is 24.2 Å². The molecule has 1 aromatic rings. The minimum absolute atomic E-state index is 0.0840. The van der Waals surface area contributed by atoms with Gasteiger partial charge in [0.05, 0.1) is 17.8 Å². The smallest absolute Gasteiger partial charge is 0.333 e. The molecule has 3 fully saturated rings. The van der Waals surface area contributed by atoms with E-state index in [1.54, 1.807) is 0 Å². The van der Waals surface area contributed by atoms with Crippen molar-refractivity contribution >= 4 is 15.9 Å². The average molecular weight is 402 g/mol. The average Bonchev–Trinajstić information content (AvgIpc) is 3.15. The van der Waals surface area contributed by atoms with Crippen LogP contribution >= 0.6 is 0 Å². The quantitative estimate of drug-likeness (QED) is 0.788. The normalized spacial score (nSPS) is 25.1. The Morgan fingerprint density at radius 1 is 1.41 bits per heavy atom. The summed E-state index contributed by atoms with van der Waals surface area (Å²) in [6.07, 6.45) is 5.84. The van der Waals surface area contributed by atoms with Gasteiger partial charge in [-0.25, -0.2) is 13.1 Å². The molecule has 1 N–H and O–H groups in total. The number of aromatic nitrogens is 2. The van der Waals surface area contributed by atoms with Gasteiger partial charge in [-0.2, -0.15) is 18.2 Å². The van der Waals surface area contributed by atoms with Crippen molar-refractivity contribution in [3.8, 4) is 0 Å². The molecule has 2 heterocycles. The summed E-state index contributed by atoms with van der Waals surface area (Å²) >= 11 is 0. The summed E-state index contributed by atoms with van der Waals surface area (Å²) in [7, 11) is -3.98. The molecule has 1 atom stereocenters. The monoisotopic (exact) mass is 402 g/mol. The Morgan fingerprint density at radius 2 is 2.11 bits per heavy atom. The zero-order valence-corrected chi connectivity index (χ0v) is 16.0. The van der Waals surface area contributed by atoms with E-state index in [9.17, 15) is 22.0 Å². The lowest BCUT2D eigenvalue weighted by Crippen LogP contribution is -2.45. The summed E-state index contributed by atoms with van der Waals surface area (Å²) in [6.45, 7) is -0.570. The van der Waals surface area contributed by atoms with Gasteiger partial charge < -0.3 is 5.32 Å². The molecule has 0 bridgehead atoms. The highest BCUT2D eigenvalue weighted by Crippen LogP contribution is 2.52. The summed E-state index contributed by atoms with van der Waals surface area (Å²) < 4.78 is 53.7. The van der Waals surface area contributed by atoms with Crippen molar-refractivity contribution in [1.29, 1.82) is 0 Å². The van der Waals surface area contributed by atoms with E-state index in [2.05, 4.69) is 10.4 Å². The molecule has 1 spiro atoms. The first-order valence-electron chi connectivity index (χ1n) is 9.35. The third-order valence-electron chi connectivity index (χ3n) is 6.35. The summed E-state index contributed by atoms with van der Waals surface area (Å²) in [6, 6.07) is 0. The highest BCUT2D eigenvalue weighted by Gasteiger charge is 2.56. The number of carbonyl (C=O) groups excluding carboxylic acids is 1. The standard InChI is InChI=1S/C17H24F2N4O3S/c1-11-14(8-21-23(11)16(18)19)27(25,26)22-9-13(17(10-22)5-2-6-17)15(24)20-7-12-3-4-12/h8,12-13,16H,2-7,9-10H2,1H3,(H,20,24). The topological polar surface area (TPSA) is 84.3 Å². The van der Waals surface area contributed by atoms with E-state index < -0.39 is 16.6 Å². The SMILES string of the molecule is Cc1c(S(=O)(=O)N2CC(C(=O)NCC3CC3)C3(CCC3)C2)cnn1C(F)F. The lowest BCUT2D eigenvalue weighted by Gasteiger charge is -2.42. The number of sulfonamides is 1. The molecule has 150 valence electrons. The van der Waals surface area contributed by atoms with Crippen molar-refractivity contribution in [2.75, 3.05) is 19.6 Å². The zero-order chi connectivity index (χ0) is 19.4. The molecule has 1 saturated heterocycles. The molecule has 3 aliphatic rings. The Morgan fingerprint density at radius 3 is 2.63 bits per heavy atom. The highest BCUT2D eigenvalue weighted by atomic mass is 32.2. The van der Waals surface area contributed by atoms with Gasteiger partial charge in [-0.3, -0.25) is 4.79 Å². The van der Waals surface area contributed by atoms with Crippen LogP contribution in [0.5, 0.6) is 0 Å². The van der Waals surface area contributed by atoms with Crippen LogP contribution < -0.4 is 5.32 Å². The van der Waals surface area contributed by atoms with Gasteiger partial charge in [-0.1, -0.05) is 6.42 Å². The Balaban J connectivity index is 1.56. The van der Waals surface area contributed by atoms with Gasteiger partial charge in [0.2, 0.25) is 15.9 Å². The van der Waals surface area contributed by atoms with Crippen LogP contribution in [-0.2, 0) is 14.8 Å². The predicted molar refractivity (Wildman–Crippen MR) is 92.5 cm³/mol. The minimum atomic E-state index is -3.98. The molecule has 1 aromatic heterocycles. The summed E-state index contributed by atoms with van der Waals surface area (Å²) in [5.74, 6) is 0.0832. The maximum atomic E-state index is 13.1. The second-order valence-electron chi connectivity index (χ2n) is 8.07. The summed E-state index contributed by atoms with van der Waals surface area (Å²) in [5, 5.41) is 6.49. The van der Waals surface area contributed by atoms with Gasteiger partial charge in [-0.05, 0) is 43.9 Å². The lowest BCUT2D eigenvalue weighted by atomic mass is 9.62. The second-order valence-corrected chi connectivity index (χ2v) is 9.98. The van der Waals surface area contributed by atoms with Crippen molar-refractivity contribution in [3.05, 3.63) is 11.9 Å². The molecule has 10 heteroatoms. The number of amides is 1. The van der Waals surface area contributed by atoms with Crippen molar-refractivity contribution in [2.24, 2.45) is 17.3 Å². The van der Waals surface area contributed by atoms with Crippen LogP contribution in [0.4, 0.5) is 8.78 Å². The number of halogens is 2. The molecule has 4 rings (SSSR count). The zero-order valence-electron chi connectivity index (χ0n) is 15.2. The van der Waals surface area contributed by atoms with Crippen molar-refractivity contribution in [2.45, 2.75) is 50.5 Å². The Hall–Kier alpha value is -1.55. The van der Waals surface area contributed by atoms with Gasteiger partial charge in [0.25, 0.3) is 0 Å². The fraction of sp³-hybridized carbons (Fsp3) is 0.765. The molecule has 0 aromatic carbocycles.